The van der Waals surface area contributed by atoms with Gasteiger partial charge in [-0.25, -0.2) is 4.98 Å². The maximum absolute atomic E-state index is 9.05. The Kier molecular flexibility index (Phi) is 6.72. The lowest BCUT2D eigenvalue weighted by atomic mass is 10.2. The van der Waals surface area contributed by atoms with E-state index >= 15 is 0 Å². The Morgan fingerprint density at radius 1 is 1.61 bits per heavy atom. The fraction of sp³-hybridized carbons (Fsp3) is 0.462. The van der Waals surface area contributed by atoms with Gasteiger partial charge in [0.2, 0.25) is 0 Å². The molecule has 4 nitrogen and oxygen atoms in total. The smallest absolute Gasteiger partial charge is 0.129 e. The lowest BCUT2D eigenvalue weighted by Crippen LogP contribution is -2.27. The van der Waals surface area contributed by atoms with Gasteiger partial charge in [0.25, 0.3) is 0 Å². The molecule has 0 radical (unpaired) electrons. The maximum atomic E-state index is 9.05. The van der Waals surface area contributed by atoms with Gasteiger partial charge in [0.15, 0.2) is 0 Å². The Hall–Kier alpha value is -1.10. The van der Waals surface area contributed by atoms with Gasteiger partial charge in [0, 0.05) is 25.8 Å². The quantitative estimate of drug-likeness (QED) is 0.707. The molecule has 0 amide bonds. The molecule has 1 heterocycles. The predicted octanol–water partition coefficient (Wildman–Crippen LogP) is 1.83. The van der Waals surface area contributed by atoms with Crippen molar-refractivity contribution < 1.29 is 5.11 Å². The standard InChI is InChI=1S/C13H20ClN3O/c1-3-5-17(6-7-18)13-8-11(9-15-4-2)12(14)10-16-13/h3,8,10,15,18H,1,4-7,9H2,2H3. The highest BCUT2D eigenvalue weighted by Crippen LogP contribution is 2.20. The Bertz CT molecular complexity index is 384. The number of hydrogen-bond acceptors (Lipinski definition) is 4. The monoisotopic (exact) mass is 269 g/mol. The molecule has 5 heteroatoms. The second-order valence-corrected chi connectivity index (χ2v) is 4.28. The van der Waals surface area contributed by atoms with Crippen molar-refractivity contribution in [3.63, 3.8) is 0 Å². The molecule has 0 fully saturated rings. The molecule has 0 aliphatic heterocycles. The average molecular weight is 270 g/mol. The summed E-state index contributed by atoms with van der Waals surface area (Å²) in [5.74, 6) is 0.807. The third kappa shape index (κ3) is 4.29. The molecule has 0 spiro atoms. The van der Waals surface area contributed by atoms with Crippen molar-refractivity contribution in [2.45, 2.75) is 13.5 Å². The van der Waals surface area contributed by atoms with Crippen molar-refractivity contribution in [3.05, 3.63) is 35.5 Å². The average Bonchev–Trinajstić information content (AvgIpc) is 2.38. The van der Waals surface area contributed by atoms with Crippen LogP contribution in [0.1, 0.15) is 12.5 Å². The van der Waals surface area contributed by atoms with Crippen LogP contribution in [-0.4, -0.2) is 36.3 Å². The van der Waals surface area contributed by atoms with E-state index in [1.54, 1.807) is 12.3 Å². The summed E-state index contributed by atoms with van der Waals surface area (Å²) < 4.78 is 0. The number of nitrogens with zero attached hydrogens (tertiary/aromatic N) is 2. The number of aliphatic hydroxyl groups excluding tert-OH is 1. The number of nitrogens with one attached hydrogen (secondary N) is 1. The van der Waals surface area contributed by atoms with Crippen molar-refractivity contribution >= 4 is 17.4 Å². The molecule has 0 aromatic carbocycles. The number of aromatic nitrogens is 1. The molecule has 0 unspecified atom stereocenters. The fourth-order valence-corrected chi connectivity index (χ4v) is 1.78. The molecule has 2 N–H and O–H groups in total. The normalized spacial score (nSPS) is 10.4. The third-order valence-corrected chi connectivity index (χ3v) is 2.87. The van der Waals surface area contributed by atoms with E-state index in [1.165, 1.54) is 0 Å². The molecule has 1 rings (SSSR count). The summed E-state index contributed by atoms with van der Waals surface area (Å²) in [6.07, 6.45) is 3.44. The van der Waals surface area contributed by atoms with E-state index in [9.17, 15) is 0 Å². The second kappa shape index (κ2) is 8.08. The second-order valence-electron chi connectivity index (χ2n) is 3.87. The van der Waals surface area contributed by atoms with Gasteiger partial charge in [0.1, 0.15) is 5.82 Å². The molecule has 0 saturated carbocycles. The first-order chi connectivity index (χ1) is 8.72. The van der Waals surface area contributed by atoms with E-state index in [2.05, 4.69) is 16.9 Å². The maximum Gasteiger partial charge on any atom is 0.129 e. The minimum atomic E-state index is 0.0840. The van der Waals surface area contributed by atoms with E-state index < -0.39 is 0 Å². The van der Waals surface area contributed by atoms with Crippen LogP contribution in [0.2, 0.25) is 5.02 Å². The van der Waals surface area contributed by atoms with Gasteiger partial charge in [-0.3, -0.25) is 0 Å². The van der Waals surface area contributed by atoms with Crippen LogP contribution in [-0.2, 0) is 6.54 Å². The number of rotatable bonds is 8. The molecule has 0 saturated heterocycles. The molecule has 18 heavy (non-hydrogen) atoms. The fourth-order valence-electron chi connectivity index (χ4n) is 1.61. The van der Waals surface area contributed by atoms with Gasteiger partial charge in [-0.15, -0.1) is 6.58 Å². The van der Waals surface area contributed by atoms with Crippen molar-refractivity contribution in [1.29, 1.82) is 0 Å². The minimum absolute atomic E-state index is 0.0840. The molecule has 1 aromatic rings. The SMILES string of the molecule is C=CCN(CCO)c1cc(CNCC)c(Cl)cn1. The zero-order valence-electron chi connectivity index (χ0n) is 10.7. The van der Waals surface area contributed by atoms with Gasteiger partial charge in [-0.2, -0.15) is 0 Å². The Balaban J connectivity index is 2.89. The lowest BCUT2D eigenvalue weighted by molar-refractivity contribution is 0.302. The molecular formula is C13H20ClN3O. The molecule has 100 valence electrons. The molecular weight excluding hydrogens is 250 g/mol. The highest BCUT2D eigenvalue weighted by Gasteiger charge is 2.09. The van der Waals surface area contributed by atoms with Gasteiger partial charge < -0.3 is 15.3 Å². The van der Waals surface area contributed by atoms with Crippen molar-refractivity contribution in [1.82, 2.24) is 10.3 Å². The van der Waals surface area contributed by atoms with Crippen molar-refractivity contribution in [2.24, 2.45) is 0 Å². The first-order valence-electron chi connectivity index (χ1n) is 6.04. The Morgan fingerprint density at radius 3 is 3.00 bits per heavy atom. The zero-order valence-corrected chi connectivity index (χ0v) is 11.5. The summed E-state index contributed by atoms with van der Waals surface area (Å²) in [5.41, 5.74) is 1.01. The van der Waals surface area contributed by atoms with E-state index in [0.29, 0.717) is 24.7 Å². The van der Waals surface area contributed by atoms with Gasteiger partial charge >= 0.3 is 0 Å². The van der Waals surface area contributed by atoms with E-state index in [-0.39, 0.29) is 6.61 Å². The van der Waals surface area contributed by atoms with E-state index in [4.69, 9.17) is 16.7 Å². The van der Waals surface area contributed by atoms with Gasteiger partial charge in [-0.1, -0.05) is 24.6 Å². The van der Waals surface area contributed by atoms with Crippen LogP contribution in [0.3, 0.4) is 0 Å². The predicted molar refractivity (Wildman–Crippen MR) is 76.1 cm³/mol. The van der Waals surface area contributed by atoms with Crippen LogP contribution in [0.5, 0.6) is 0 Å². The Morgan fingerprint density at radius 2 is 2.39 bits per heavy atom. The summed E-state index contributed by atoms with van der Waals surface area (Å²) in [5, 5.41) is 12.9. The number of halogens is 1. The van der Waals surface area contributed by atoms with Gasteiger partial charge in [0.05, 0.1) is 11.6 Å². The Labute approximate surface area is 113 Å². The van der Waals surface area contributed by atoms with E-state index in [0.717, 1.165) is 17.9 Å². The zero-order chi connectivity index (χ0) is 13.4. The summed E-state index contributed by atoms with van der Waals surface area (Å²) in [6, 6.07) is 1.95. The number of pyridine rings is 1. The van der Waals surface area contributed by atoms with Crippen LogP contribution in [0.25, 0.3) is 0 Å². The molecule has 0 aliphatic carbocycles. The minimum Gasteiger partial charge on any atom is -0.395 e. The highest BCUT2D eigenvalue weighted by molar-refractivity contribution is 6.31. The van der Waals surface area contributed by atoms with Crippen LogP contribution >= 0.6 is 11.6 Å². The largest absolute Gasteiger partial charge is 0.395 e. The van der Waals surface area contributed by atoms with Crippen LogP contribution in [0.4, 0.5) is 5.82 Å². The molecule has 1 aromatic heterocycles. The number of hydrogen-bond donors (Lipinski definition) is 2. The molecule has 0 aliphatic rings. The number of aliphatic hydroxyl groups is 1. The van der Waals surface area contributed by atoms with E-state index in [1.807, 2.05) is 17.9 Å². The summed E-state index contributed by atoms with van der Waals surface area (Å²) in [7, 11) is 0. The van der Waals surface area contributed by atoms with Crippen molar-refractivity contribution in [3.8, 4) is 0 Å². The summed E-state index contributed by atoms with van der Waals surface area (Å²) >= 11 is 6.10. The van der Waals surface area contributed by atoms with Crippen molar-refractivity contribution in [2.75, 3.05) is 31.1 Å². The lowest BCUT2D eigenvalue weighted by Gasteiger charge is -2.22. The highest BCUT2D eigenvalue weighted by atomic mass is 35.5. The number of anilines is 1. The van der Waals surface area contributed by atoms with Crippen LogP contribution in [0, 0.1) is 0 Å². The molecule has 0 bridgehead atoms. The summed E-state index contributed by atoms with van der Waals surface area (Å²) in [6.45, 7) is 8.62. The molecule has 0 atom stereocenters. The van der Waals surface area contributed by atoms with Crippen LogP contribution < -0.4 is 10.2 Å². The first-order valence-corrected chi connectivity index (χ1v) is 6.42. The first kappa shape index (κ1) is 15.0. The van der Waals surface area contributed by atoms with Gasteiger partial charge in [-0.05, 0) is 18.2 Å². The topological polar surface area (TPSA) is 48.4 Å². The summed E-state index contributed by atoms with van der Waals surface area (Å²) in [4.78, 5) is 6.25. The van der Waals surface area contributed by atoms with Crippen LogP contribution in [0.15, 0.2) is 24.9 Å². The third-order valence-electron chi connectivity index (χ3n) is 2.53.